The Hall–Kier alpha value is -0.640. The largest absolute Gasteiger partial charge is 0.309 e. The topological polar surface area (TPSA) is 12.0 Å². The van der Waals surface area contributed by atoms with Gasteiger partial charge in [0.1, 0.15) is 0 Å². The molecule has 1 aliphatic carbocycles. The number of halogens is 1. The number of hydrogen-bond donors (Lipinski definition) is 1. The van der Waals surface area contributed by atoms with Crippen molar-refractivity contribution in [3.8, 4) is 10.4 Å². The summed E-state index contributed by atoms with van der Waals surface area (Å²) < 4.78 is 1.19. The predicted octanol–water partition coefficient (Wildman–Crippen LogP) is 5.94. The highest BCUT2D eigenvalue weighted by molar-refractivity contribution is 9.10. The van der Waals surface area contributed by atoms with Gasteiger partial charge in [0.25, 0.3) is 0 Å². The molecule has 1 unspecified atom stereocenters. The van der Waals surface area contributed by atoms with Gasteiger partial charge in [0, 0.05) is 20.3 Å². The summed E-state index contributed by atoms with van der Waals surface area (Å²) in [6.45, 7) is 5.54. The van der Waals surface area contributed by atoms with Crippen LogP contribution >= 0.6 is 27.3 Å². The maximum Gasteiger partial charge on any atom is 0.0443 e. The summed E-state index contributed by atoms with van der Waals surface area (Å²) in [5, 5.41) is 3.74. The molecule has 1 atom stereocenters. The molecule has 0 bridgehead atoms. The van der Waals surface area contributed by atoms with E-state index in [1.54, 1.807) is 0 Å². The second kappa shape index (κ2) is 6.64. The van der Waals surface area contributed by atoms with Crippen molar-refractivity contribution in [2.45, 2.75) is 39.2 Å². The zero-order valence-corrected chi connectivity index (χ0v) is 15.1. The second-order valence-electron chi connectivity index (χ2n) is 5.88. The highest BCUT2D eigenvalue weighted by atomic mass is 79.9. The van der Waals surface area contributed by atoms with Crippen LogP contribution in [0.1, 0.15) is 42.7 Å². The molecule has 1 aromatic carbocycles. The van der Waals surface area contributed by atoms with Crippen molar-refractivity contribution in [3.63, 3.8) is 0 Å². The third-order valence-corrected chi connectivity index (χ3v) is 6.23. The highest BCUT2D eigenvalue weighted by Gasteiger charge is 2.32. The van der Waals surface area contributed by atoms with Gasteiger partial charge in [-0.25, -0.2) is 0 Å². The molecule has 0 amide bonds. The van der Waals surface area contributed by atoms with E-state index in [1.807, 2.05) is 11.3 Å². The van der Waals surface area contributed by atoms with E-state index in [1.165, 1.54) is 44.6 Å². The molecule has 1 saturated carbocycles. The predicted molar refractivity (Wildman–Crippen MR) is 96.0 cm³/mol. The molecule has 0 saturated heterocycles. The summed E-state index contributed by atoms with van der Waals surface area (Å²) in [5.74, 6) is 0.853. The normalized spacial score (nSPS) is 16.1. The fraction of sp³-hybridized carbons (Fsp3) is 0.444. The summed E-state index contributed by atoms with van der Waals surface area (Å²) >= 11 is 5.59. The number of nitrogens with one attached hydrogen (secondary N) is 1. The molecule has 3 rings (SSSR count). The van der Waals surface area contributed by atoms with E-state index in [0.29, 0.717) is 6.04 Å². The third-order valence-electron chi connectivity index (χ3n) is 4.17. The van der Waals surface area contributed by atoms with Crippen molar-refractivity contribution in [1.82, 2.24) is 5.32 Å². The van der Waals surface area contributed by atoms with Gasteiger partial charge in [0.15, 0.2) is 0 Å². The standard InChI is InChI=1S/C18H22BrNS/c1-3-11-20-18(13-7-8-13)17-10-9-16(21-17)14-5-4-6-15(19)12(14)2/h4-6,9-10,13,18,20H,3,7-8,11H2,1-2H3. The minimum atomic E-state index is 0.566. The maximum atomic E-state index is 3.74. The molecule has 0 aliphatic heterocycles. The van der Waals surface area contributed by atoms with Crippen LogP contribution in [0, 0.1) is 12.8 Å². The molecule has 1 aromatic heterocycles. The van der Waals surface area contributed by atoms with Crippen molar-refractivity contribution < 1.29 is 0 Å². The molecule has 1 fully saturated rings. The Morgan fingerprint density at radius 3 is 2.81 bits per heavy atom. The van der Waals surface area contributed by atoms with E-state index in [2.05, 4.69) is 65.4 Å². The Morgan fingerprint density at radius 2 is 2.10 bits per heavy atom. The van der Waals surface area contributed by atoms with Crippen LogP contribution in [0.5, 0.6) is 0 Å². The minimum absolute atomic E-state index is 0.566. The fourth-order valence-electron chi connectivity index (χ4n) is 2.77. The van der Waals surface area contributed by atoms with E-state index < -0.39 is 0 Å². The summed E-state index contributed by atoms with van der Waals surface area (Å²) in [4.78, 5) is 2.88. The Labute approximate surface area is 139 Å². The van der Waals surface area contributed by atoms with Gasteiger partial charge in [-0.3, -0.25) is 0 Å². The molecule has 1 heterocycles. The molecule has 1 aliphatic rings. The minimum Gasteiger partial charge on any atom is -0.309 e. The fourth-order valence-corrected chi connectivity index (χ4v) is 4.39. The molecule has 0 spiro atoms. The number of rotatable bonds is 6. The molecule has 1 nitrogen and oxygen atoms in total. The Kier molecular flexibility index (Phi) is 4.82. The van der Waals surface area contributed by atoms with Gasteiger partial charge < -0.3 is 5.32 Å². The SMILES string of the molecule is CCCNC(c1ccc(-c2cccc(Br)c2C)s1)C1CC1. The van der Waals surface area contributed by atoms with Gasteiger partial charge in [0.2, 0.25) is 0 Å². The monoisotopic (exact) mass is 363 g/mol. The van der Waals surface area contributed by atoms with Gasteiger partial charge in [-0.15, -0.1) is 11.3 Å². The first-order valence-electron chi connectivity index (χ1n) is 7.79. The summed E-state index contributed by atoms with van der Waals surface area (Å²) in [6, 6.07) is 11.6. The van der Waals surface area contributed by atoms with Gasteiger partial charge in [0.05, 0.1) is 0 Å². The zero-order chi connectivity index (χ0) is 14.8. The smallest absolute Gasteiger partial charge is 0.0443 e. The first-order valence-corrected chi connectivity index (χ1v) is 9.40. The lowest BCUT2D eigenvalue weighted by Gasteiger charge is -2.16. The molecule has 2 aromatic rings. The summed E-state index contributed by atoms with van der Waals surface area (Å²) in [6.07, 6.45) is 3.96. The lowest BCUT2D eigenvalue weighted by Crippen LogP contribution is -2.22. The van der Waals surface area contributed by atoms with Crippen LogP contribution in [0.2, 0.25) is 0 Å². The van der Waals surface area contributed by atoms with Gasteiger partial charge in [-0.1, -0.05) is 35.0 Å². The molecule has 1 N–H and O–H groups in total. The van der Waals surface area contributed by atoms with Crippen molar-refractivity contribution in [1.29, 1.82) is 0 Å². The van der Waals surface area contributed by atoms with E-state index in [0.717, 1.165) is 12.5 Å². The molecule has 3 heteroatoms. The quantitative estimate of drug-likeness (QED) is 0.669. The van der Waals surface area contributed by atoms with Crippen LogP contribution < -0.4 is 5.32 Å². The average molecular weight is 364 g/mol. The molecule has 0 radical (unpaired) electrons. The number of hydrogen-bond acceptors (Lipinski definition) is 2. The van der Waals surface area contributed by atoms with Crippen LogP contribution in [0.3, 0.4) is 0 Å². The summed E-state index contributed by atoms with van der Waals surface area (Å²) in [7, 11) is 0. The Balaban J connectivity index is 1.86. The van der Waals surface area contributed by atoms with Gasteiger partial charge in [-0.2, -0.15) is 0 Å². The highest BCUT2D eigenvalue weighted by Crippen LogP contribution is 2.44. The lowest BCUT2D eigenvalue weighted by molar-refractivity contribution is 0.488. The second-order valence-corrected chi connectivity index (χ2v) is 7.85. The zero-order valence-electron chi connectivity index (χ0n) is 12.7. The molecular formula is C18H22BrNS. The Morgan fingerprint density at radius 1 is 1.29 bits per heavy atom. The third kappa shape index (κ3) is 3.41. The van der Waals surface area contributed by atoms with Crippen molar-refractivity contribution >= 4 is 27.3 Å². The van der Waals surface area contributed by atoms with Crippen molar-refractivity contribution in [2.75, 3.05) is 6.54 Å². The van der Waals surface area contributed by atoms with E-state index >= 15 is 0 Å². The van der Waals surface area contributed by atoms with Crippen LogP contribution in [-0.2, 0) is 0 Å². The number of thiophene rings is 1. The van der Waals surface area contributed by atoms with Crippen molar-refractivity contribution in [3.05, 3.63) is 45.2 Å². The molecular weight excluding hydrogens is 342 g/mol. The molecule has 112 valence electrons. The Bertz CT molecular complexity index is 615. The molecule has 21 heavy (non-hydrogen) atoms. The first-order chi connectivity index (χ1) is 10.2. The van der Waals surface area contributed by atoms with Gasteiger partial charge >= 0.3 is 0 Å². The van der Waals surface area contributed by atoms with Gasteiger partial charge in [-0.05, 0) is 68.0 Å². The van der Waals surface area contributed by atoms with Crippen LogP contribution in [0.4, 0.5) is 0 Å². The van der Waals surface area contributed by atoms with Crippen LogP contribution in [0.25, 0.3) is 10.4 Å². The average Bonchev–Trinajstić information content (AvgIpc) is 3.20. The van der Waals surface area contributed by atoms with Crippen LogP contribution in [-0.4, -0.2) is 6.54 Å². The summed E-state index contributed by atoms with van der Waals surface area (Å²) in [5.41, 5.74) is 2.68. The first kappa shape index (κ1) is 15.3. The van der Waals surface area contributed by atoms with Crippen molar-refractivity contribution in [2.24, 2.45) is 5.92 Å². The van der Waals surface area contributed by atoms with E-state index in [9.17, 15) is 0 Å². The maximum absolute atomic E-state index is 3.74. The van der Waals surface area contributed by atoms with E-state index in [-0.39, 0.29) is 0 Å². The van der Waals surface area contributed by atoms with E-state index in [4.69, 9.17) is 0 Å². The lowest BCUT2D eigenvalue weighted by atomic mass is 10.1. The number of benzene rings is 1. The van der Waals surface area contributed by atoms with Crippen LogP contribution in [0.15, 0.2) is 34.8 Å².